The maximum absolute atomic E-state index is 13.4. The molecule has 1 aliphatic rings. The minimum atomic E-state index is -0.146. The summed E-state index contributed by atoms with van der Waals surface area (Å²) >= 11 is 0. The minimum Gasteiger partial charge on any atom is -0.497 e. The van der Waals surface area contributed by atoms with Crippen molar-refractivity contribution in [3.8, 4) is 17.1 Å². The number of fused-ring (bicyclic) bond motifs is 1. The highest BCUT2D eigenvalue weighted by Gasteiger charge is 2.29. The first-order valence-electron chi connectivity index (χ1n) is 13.7. The SMILES string of the molecule is COc1ccc2c(c1)CC(N(C)C(=O)CN(CCNC(C)C)C(=O)CNc1cc(-c3noc(C)n3)ccc1C)C2. The molecule has 1 aliphatic carbocycles. The molecule has 40 heavy (non-hydrogen) atoms. The van der Waals surface area contributed by atoms with Gasteiger partial charge in [-0.2, -0.15) is 4.98 Å². The maximum Gasteiger partial charge on any atom is 0.242 e. The second-order valence-electron chi connectivity index (χ2n) is 10.6. The average molecular weight is 549 g/mol. The van der Waals surface area contributed by atoms with Gasteiger partial charge in [0.15, 0.2) is 0 Å². The Morgan fingerprint density at radius 2 is 1.88 bits per heavy atom. The van der Waals surface area contributed by atoms with Crippen molar-refractivity contribution in [2.45, 2.75) is 52.6 Å². The second-order valence-corrected chi connectivity index (χ2v) is 10.6. The zero-order valence-electron chi connectivity index (χ0n) is 24.3. The van der Waals surface area contributed by atoms with Gasteiger partial charge in [0.1, 0.15) is 5.75 Å². The van der Waals surface area contributed by atoms with Crippen molar-refractivity contribution in [3.63, 3.8) is 0 Å². The van der Waals surface area contributed by atoms with Gasteiger partial charge in [-0.3, -0.25) is 9.59 Å². The lowest BCUT2D eigenvalue weighted by atomic mass is 10.1. The van der Waals surface area contributed by atoms with Crippen LogP contribution < -0.4 is 15.4 Å². The molecule has 0 fully saturated rings. The molecule has 0 saturated carbocycles. The number of rotatable bonds is 12. The number of nitrogens with one attached hydrogen (secondary N) is 2. The van der Waals surface area contributed by atoms with Crippen molar-refractivity contribution < 1.29 is 18.8 Å². The third-order valence-corrected chi connectivity index (χ3v) is 7.33. The van der Waals surface area contributed by atoms with Crippen molar-refractivity contribution in [1.82, 2.24) is 25.3 Å². The molecule has 0 radical (unpaired) electrons. The first-order valence-corrected chi connectivity index (χ1v) is 13.7. The maximum atomic E-state index is 13.4. The Morgan fingerprint density at radius 1 is 1.10 bits per heavy atom. The van der Waals surface area contributed by atoms with Crippen LogP contribution in [0.3, 0.4) is 0 Å². The lowest BCUT2D eigenvalue weighted by molar-refractivity contribution is -0.140. The Labute approximate surface area is 236 Å². The molecule has 0 spiro atoms. The number of aryl methyl sites for hydroxylation is 2. The van der Waals surface area contributed by atoms with E-state index < -0.39 is 0 Å². The molecule has 1 atom stereocenters. The standard InChI is InChI=1S/C30H40N6O4/c1-19(2)31-11-12-36(18-29(38)35(5)25-13-22-9-10-26(39-6)15-24(22)14-25)28(37)17-32-27-16-23(8-7-20(27)3)30-33-21(4)40-34-30/h7-10,15-16,19,25,31-32H,11-14,17-18H2,1-6H3. The van der Waals surface area contributed by atoms with Crippen molar-refractivity contribution in [2.24, 2.45) is 0 Å². The Morgan fingerprint density at radius 3 is 2.58 bits per heavy atom. The molecule has 0 aliphatic heterocycles. The Kier molecular flexibility index (Phi) is 9.42. The zero-order chi connectivity index (χ0) is 28.8. The third kappa shape index (κ3) is 7.18. The quantitative estimate of drug-likeness (QED) is 0.355. The molecule has 4 rings (SSSR count). The fourth-order valence-corrected chi connectivity index (χ4v) is 4.88. The van der Waals surface area contributed by atoms with E-state index in [-0.39, 0.29) is 37.0 Å². The molecular formula is C30H40N6O4. The van der Waals surface area contributed by atoms with Gasteiger partial charge in [0, 0.05) is 50.4 Å². The number of carbonyl (C=O) groups excluding carboxylic acids is 2. The normalized spacial score (nSPS) is 14.2. The van der Waals surface area contributed by atoms with Crippen LogP contribution in [-0.2, 0) is 22.4 Å². The van der Waals surface area contributed by atoms with Crippen LogP contribution in [0.5, 0.6) is 5.75 Å². The molecule has 2 amide bonds. The van der Waals surface area contributed by atoms with E-state index in [4.69, 9.17) is 9.26 Å². The van der Waals surface area contributed by atoms with Gasteiger partial charge in [0.05, 0.1) is 20.2 Å². The number of nitrogens with zero attached hydrogens (tertiary/aromatic N) is 4. The van der Waals surface area contributed by atoms with Gasteiger partial charge in [-0.15, -0.1) is 0 Å². The molecule has 214 valence electrons. The highest BCUT2D eigenvalue weighted by Crippen LogP contribution is 2.29. The number of hydrogen-bond acceptors (Lipinski definition) is 8. The van der Waals surface area contributed by atoms with Crippen LogP contribution in [0.4, 0.5) is 5.69 Å². The second kappa shape index (κ2) is 13.0. The lowest BCUT2D eigenvalue weighted by Gasteiger charge is -2.29. The molecule has 10 nitrogen and oxygen atoms in total. The molecule has 1 aromatic heterocycles. The number of hydrogen-bond donors (Lipinski definition) is 2. The smallest absolute Gasteiger partial charge is 0.242 e. The van der Waals surface area contributed by atoms with E-state index in [0.717, 1.165) is 35.4 Å². The summed E-state index contributed by atoms with van der Waals surface area (Å²) < 4.78 is 10.5. The van der Waals surface area contributed by atoms with Gasteiger partial charge < -0.3 is 29.7 Å². The molecule has 1 heterocycles. The van der Waals surface area contributed by atoms with Crippen LogP contribution in [-0.4, -0.2) is 84.2 Å². The van der Waals surface area contributed by atoms with Gasteiger partial charge in [0.2, 0.25) is 23.5 Å². The summed E-state index contributed by atoms with van der Waals surface area (Å²) in [6.07, 6.45) is 1.57. The zero-order valence-corrected chi connectivity index (χ0v) is 24.3. The summed E-state index contributed by atoms with van der Waals surface area (Å²) in [6, 6.07) is 12.2. The van der Waals surface area contributed by atoms with Crippen molar-refractivity contribution >= 4 is 17.5 Å². The monoisotopic (exact) mass is 548 g/mol. The highest BCUT2D eigenvalue weighted by molar-refractivity contribution is 5.87. The summed E-state index contributed by atoms with van der Waals surface area (Å²) in [7, 11) is 3.49. The van der Waals surface area contributed by atoms with E-state index in [1.807, 2.05) is 44.3 Å². The van der Waals surface area contributed by atoms with Crippen LogP contribution in [0.15, 0.2) is 40.9 Å². The van der Waals surface area contributed by atoms with E-state index in [1.54, 1.807) is 23.8 Å². The average Bonchev–Trinajstić information content (AvgIpc) is 3.56. The molecule has 2 aromatic carbocycles. The summed E-state index contributed by atoms with van der Waals surface area (Å²) in [5.41, 5.74) is 5.02. The Balaban J connectivity index is 1.40. The van der Waals surface area contributed by atoms with E-state index in [1.165, 1.54) is 11.1 Å². The first-order chi connectivity index (χ1) is 19.1. The number of methoxy groups -OCH3 is 1. The summed E-state index contributed by atoms with van der Waals surface area (Å²) in [5, 5.41) is 10.6. The van der Waals surface area contributed by atoms with E-state index in [9.17, 15) is 9.59 Å². The minimum absolute atomic E-state index is 0.0219. The van der Waals surface area contributed by atoms with E-state index >= 15 is 0 Å². The van der Waals surface area contributed by atoms with Gasteiger partial charge >= 0.3 is 0 Å². The molecular weight excluding hydrogens is 508 g/mol. The Bertz CT molecular complexity index is 1340. The molecule has 3 aromatic rings. The number of carbonyl (C=O) groups is 2. The molecule has 0 saturated heterocycles. The number of benzene rings is 2. The largest absolute Gasteiger partial charge is 0.497 e. The molecule has 0 bridgehead atoms. The van der Waals surface area contributed by atoms with Gasteiger partial charge in [-0.25, -0.2) is 0 Å². The third-order valence-electron chi connectivity index (χ3n) is 7.33. The molecule has 1 unspecified atom stereocenters. The number of ether oxygens (including phenoxy) is 1. The van der Waals surface area contributed by atoms with Crippen LogP contribution >= 0.6 is 0 Å². The Hall–Kier alpha value is -3.92. The fraction of sp³-hybridized carbons (Fsp3) is 0.467. The predicted octanol–water partition coefficient (Wildman–Crippen LogP) is 3.23. The molecule has 2 N–H and O–H groups in total. The van der Waals surface area contributed by atoms with Crippen LogP contribution in [0.25, 0.3) is 11.4 Å². The predicted molar refractivity (Wildman–Crippen MR) is 154 cm³/mol. The van der Waals surface area contributed by atoms with Crippen molar-refractivity contribution in [2.75, 3.05) is 45.7 Å². The molecule has 10 heteroatoms. The van der Waals surface area contributed by atoms with Crippen molar-refractivity contribution in [3.05, 3.63) is 59.0 Å². The number of anilines is 1. The topological polar surface area (TPSA) is 113 Å². The van der Waals surface area contributed by atoms with E-state index in [2.05, 4.69) is 40.7 Å². The summed E-state index contributed by atoms with van der Waals surface area (Å²) in [4.78, 5) is 34.5. The fourth-order valence-electron chi connectivity index (χ4n) is 4.88. The van der Waals surface area contributed by atoms with Crippen molar-refractivity contribution in [1.29, 1.82) is 0 Å². The van der Waals surface area contributed by atoms with Crippen LogP contribution in [0.1, 0.15) is 36.4 Å². The number of likely N-dealkylation sites (N-methyl/N-ethyl adjacent to an activating group) is 1. The van der Waals surface area contributed by atoms with Crippen LogP contribution in [0.2, 0.25) is 0 Å². The highest BCUT2D eigenvalue weighted by atomic mass is 16.5. The number of amides is 2. The summed E-state index contributed by atoms with van der Waals surface area (Å²) in [6.45, 7) is 8.93. The first kappa shape index (κ1) is 29.1. The van der Waals surface area contributed by atoms with Gasteiger partial charge in [0.25, 0.3) is 0 Å². The van der Waals surface area contributed by atoms with Gasteiger partial charge in [-0.1, -0.05) is 37.2 Å². The van der Waals surface area contributed by atoms with E-state index in [0.29, 0.717) is 24.8 Å². The number of aromatic nitrogens is 2. The summed E-state index contributed by atoms with van der Waals surface area (Å²) in [5.74, 6) is 1.58. The lowest BCUT2D eigenvalue weighted by Crippen LogP contribution is -2.48. The van der Waals surface area contributed by atoms with Gasteiger partial charge in [-0.05, 0) is 54.7 Å². The van der Waals surface area contributed by atoms with Crippen LogP contribution in [0, 0.1) is 13.8 Å².